The van der Waals surface area contributed by atoms with Gasteiger partial charge in [-0.15, -0.1) is 0 Å². The van der Waals surface area contributed by atoms with Crippen LogP contribution in [0, 0.1) is 0 Å². The number of carbonyl (C=O) groups excluding carboxylic acids is 1. The Bertz CT molecular complexity index is 771. The lowest BCUT2D eigenvalue weighted by molar-refractivity contribution is 0.0600. The van der Waals surface area contributed by atoms with Crippen molar-refractivity contribution in [2.24, 2.45) is 4.99 Å². The number of methoxy groups -OCH3 is 1. The Labute approximate surface area is 158 Å². The van der Waals surface area contributed by atoms with Gasteiger partial charge in [-0.1, -0.05) is 12.1 Å². The van der Waals surface area contributed by atoms with Crippen molar-refractivity contribution in [2.45, 2.75) is 6.54 Å². The first-order valence-corrected chi connectivity index (χ1v) is 8.86. The number of nitrogens with one attached hydrogen (secondary N) is 1. The second-order valence-corrected chi connectivity index (χ2v) is 6.11. The Morgan fingerprint density at radius 2 is 1.81 bits per heavy atom. The highest BCUT2D eigenvalue weighted by atomic mass is 16.5. The fourth-order valence-corrected chi connectivity index (χ4v) is 2.96. The summed E-state index contributed by atoms with van der Waals surface area (Å²) in [5.41, 5.74) is 1.62. The number of hydrogen-bond donors (Lipinski definition) is 1. The van der Waals surface area contributed by atoms with Crippen molar-refractivity contribution in [3.63, 3.8) is 0 Å². The highest BCUT2D eigenvalue weighted by Gasteiger charge is 2.21. The molecule has 1 aliphatic rings. The highest BCUT2D eigenvalue weighted by Crippen LogP contribution is 2.10. The molecule has 1 saturated heterocycles. The third-order valence-corrected chi connectivity index (χ3v) is 4.45. The molecule has 0 radical (unpaired) electrons. The predicted octanol–water partition coefficient (Wildman–Crippen LogP) is 1.16. The normalized spacial score (nSPS) is 14.8. The van der Waals surface area contributed by atoms with E-state index in [-0.39, 0.29) is 5.97 Å². The van der Waals surface area contributed by atoms with Gasteiger partial charge in [0.1, 0.15) is 0 Å². The summed E-state index contributed by atoms with van der Waals surface area (Å²) < 4.78 is 4.72. The van der Waals surface area contributed by atoms with Crippen LogP contribution >= 0.6 is 0 Å². The van der Waals surface area contributed by atoms with Crippen molar-refractivity contribution < 1.29 is 9.53 Å². The Hall–Kier alpha value is -3.16. The number of esters is 1. The molecular weight excluding hydrogens is 344 g/mol. The Morgan fingerprint density at radius 3 is 2.41 bits per heavy atom. The maximum absolute atomic E-state index is 11.5. The number of rotatable bonds is 4. The van der Waals surface area contributed by atoms with Gasteiger partial charge in [0.25, 0.3) is 0 Å². The summed E-state index contributed by atoms with van der Waals surface area (Å²) in [5, 5.41) is 3.38. The van der Waals surface area contributed by atoms with Gasteiger partial charge in [0.15, 0.2) is 5.96 Å². The van der Waals surface area contributed by atoms with E-state index >= 15 is 0 Å². The van der Waals surface area contributed by atoms with E-state index in [4.69, 9.17) is 4.74 Å². The van der Waals surface area contributed by atoms with Crippen LogP contribution in [-0.4, -0.2) is 67.1 Å². The van der Waals surface area contributed by atoms with E-state index in [2.05, 4.69) is 30.1 Å². The molecule has 0 aliphatic carbocycles. The van der Waals surface area contributed by atoms with Crippen LogP contribution in [0.4, 0.5) is 5.95 Å². The first-order valence-electron chi connectivity index (χ1n) is 8.86. The standard InChI is InChI=1S/C19H24N6O2/c1-20-18(23-14-15-4-6-16(7-5-15)17(26)27-2)24-10-12-25(13-11-24)19-21-8-3-9-22-19/h3-9H,10-14H2,1-2H3,(H,20,23). The van der Waals surface area contributed by atoms with Crippen LogP contribution in [0.3, 0.4) is 0 Å². The van der Waals surface area contributed by atoms with Gasteiger partial charge in [0, 0.05) is 52.2 Å². The molecule has 0 amide bonds. The maximum Gasteiger partial charge on any atom is 0.337 e. The lowest BCUT2D eigenvalue weighted by atomic mass is 10.1. The quantitative estimate of drug-likeness (QED) is 0.493. The predicted molar refractivity (Wildman–Crippen MR) is 104 cm³/mol. The lowest BCUT2D eigenvalue weighted by Gasteiger charge is -2.36. The number of piperazine rings is 1. The van der Waals surface area contributed by atoms with Gasteiger partial charge in [0.2, 0.25) is 5.95 Å². The minimum atomic E-state index is -0.328. The first kappa shape index (κ1) is 18.6. The zero-order chi connectivity index (χ0) is 19.1. The van der Waals surface area contributed by atoms with E-state index < -0.39 is 0 Å². The number of guanidine groups is 1. The second-order valence-electron chi connectivity index (χ2n) is 6.11. The molecule has 1 fully saturated rings. The molecule has 2 heterocycles. The molecule has 1 aliphatic heterocycles. The van der Waals surface area contributed by atoms with Gasteiger partial charge in [-0.3, -0.25) is 4.99 Å². The van der Waals surface area contributed by atoms with E-state index in [1.165, 1.54) is 7.11 Å². The SMILES string of the molecule is CN=C(NCc1ccc(C(=O)OC)cc1)N1CCN(c2ncccn2)CC1. The molecule has 0 spiro atoms. The summed E-state index contributed by atoms with van der Waals surface area (Å²) >= 11 is 0. The average Bonchev–Trinajstić information content (AvgIpc) is 2.75. The van der Waals surface area contributed by atoms with Crippen molar-refractivity contribution in [1.82, 2.24) is 20.2 Å². The average molecular weight is 368 g/mol. The summed E-state index contributed by atoms with van der Waals surface area (Å²) in [6.07, 6.45) is 3.53. The molecule has 8 heteroatoms. The number of ether oxygens (including phenoxy) is 1. The molecule has 27 heavy (non-hydrogen) atoms. The van der Waals surface area contributed by atoms with Crippen molar-refractivity contribution in [3.05, 3.63) is 53.9 Å². The molecule has 8 nitrogen and oxygen atoms in total. The first-order chi connectivity index (χ1) is 13.2. The molecule has 2 aromatic rings. The van der Waals surface area contributed by atoms with Gasteiger partial charge in [-0.05, 0) is 23.8 Å². The van der Waals surface area contributed by atoms with Crippen LogP contribution in [-0.2, 0) is 11.3 Å². The van der Waals surface area contributed by atoms with E-state index in [0.717, 1.165) is 43.7 Å². The van der Waals surface area contributed by atoms with Crippen LogP contribution < -0.4 is 10.2 Å². The fraction of sp³-hybridized carbons (Fsp3) is 0.368. The Balaban J connectivity index is 1.52. The number of carbonyl (C=O) groups is 1. The molecule has 1 N–H and O–H groups in total. The monoisotopic (exact) mass is 368 g/mol. The summed E-state index contributed by atoms with van der Waals surface area (Å²) in [7, 11) is 3.17. The zero-order valence-corrected chi connectivity index (χ0v) is 15.6. The smallest absolute Gasteiger partial charge is 0.337 e. The van der Waals surface area contributed by atoms with E-state index in [9.17, 15) is 4.79 Å². The van der Waals surface area contributed by atoms with Crippen molar-refractivity contribution in [3.8, 4) is 0 Å². The van der Waals surface area contributed by atoms with E-state index in [0.29, 0.717) is 12.1 Å². The van der Waals surface area contributed by atoms with Crippen LogP contribution in [0.1, 0.15) is 15.9 Å². The third kappa shape index (κ3) is 4.72. The van der Waals surface area contributed by atoms with Crippen LogP contribution in [0.5, 0.6) is 0 Å². The topological polar surface area (TPSA) is 83.0 Å². The van der Waals surface area contributed by atoms with Crippen molar-refractivity contribution in [1.29, 1.82) is 0 Å². The summed E-state index contributed by atoms with van der Waals surface area (Å²) in [4.78, 5) is 28.9. The minimum Gasteiger partial charge on any atom is -0.465 e. The van der Waals surface area contributed by atoms with Crippen LogP contribution in [0.15, 0.2) is 47.7 Å². The number of aromatic nitrogens is 2. The summed E-state index contributed by atoms with van der Waals surface area (Å²) in [6.45, 7) is 4.02. The molecule has 3 rings (SSSR count). The van der Waals surface area contributed by atoms with Gasteiger partial charge in [-0.25, -0.2) is 14.8 Å². The summed E-state index contributed by atoms with van der Waals surface area (Å²) in [5.74, 6) is 1.30. The van der Waals surface area contributed by atoms with Gasteiger partial charge in [0.05, 0.1) is 12.7 Å². The van der Waals surface area contributed by atoms with Crippen molar-refractivity contribution in [2.75, 3.05) is 45.2 Å². The van der Waals surface area contributed by atoms with E-state index in [1.807, 2.05) is 18.2 Å². The number of anilines is 1. The number of aliphatic imine (C=N–C) groups is 1. The Kier molecular flexibility index (Phi) is 6.19. The molecule has 1 aromatic carbocycles. The molecule has 0 bridgehead atoms. The molecule has 142 valence electrons. The van der Waals surface area contributed by atoms with Gasteiger partial charge < -0.3 is 19.9 Å². The minimum absolute atomic E-state index is 0.328. The largest absolute Gasteiger partial charge is 0.465 e. The molecule has 0 saturated carbocycles. The number of hydrogen-bond acceptors (Lipinski definition) is 6. The highest BCUT2D eigenvalue weighted by molar-refractivity contribution is 5.89. The van der Waals surface area contributed by atoms with Crippen LogP contribution in [0.25, 0.3) is 0 Å². The zero-order valence-electron chi connectivity index (χ0n) is 15.6. The Morgan fingerprint density at radius 1 is 1.15 bits per heavy atom. The molecular formula is C19H24N6O2. The molecule has 0 unspecified atom stereocenters. The van der Waals surface area contributed by atoms with Crippen LogP contribution in [0.2, 0.25) is 0 Å². The maximum atomic E-state index is 11.5. The fourth-order valence-electron chi connectivity index (χ4n) is 2.96. The molecule has 0 atom stereocenters. The number of nitrogens with zero attached hydrogens (tertiary/aromatic N) is 5. The number of benzene rings is 1. The summed E-state index contributed by atoms with van der Waals surface area (Å²) in [6, 6.07) is 9.19. The van der Waals surface area contributed by atoms with Gasteiger partial charge >= 0.3 is 5.97 Å². The van der Waals surface area contributed by atoms with Crippen molar-refractivity contribution >= 4 is 17.9 Å². The van der Waals surface area contributed by atoms with E-state index in [1.54, 1.807) is 31.6 Å². The third-order valence-electron chi connectivity index (χ3n) is 4.45. The lowest BCUT2D eigenvalue weighted by Crippen LogP contribution is -2.52. The van der Waals surface area contributed by atoms with Gasteiger partial charge in [-0.2, -0.15) is 0 Å². The second kappa shape index (κ2) is 8.98. The molecule has 1 aromatic heterocycles.